The van der Waals surface area contributed by atoms with Crippen molar-refractivity contribution in [3.05, 3.63) is 62.8 Å². The predicted molar refractivity (Wildman–Crippen MR) is 119 cm³/mol. The molecular weight excluding hydrogens is 508 g/mol. The molecule has 0 saturated carbocycles. The summed E-state index contributed by atoms with van der Waals surface area (Å²) in [6.07, 6.45) is -2.68. The van der Waals surface area contributed by atoms with Gasteiger partial charge in [-0.3, -0.25) is 4.79 Å². The number of fused-ring (bicyclic) bond motifs is 4. The smallest absolute Gasteiger partial charge is 0.422 e. The van der Waals surface area contributed by atoms with Crippen molar-refractivity contribution in [2.75, 3.05) is 11.9 Å². The minimum atomic E-state index is -4.53. The van der Waals surface area contributed by atoms with Gasteiger partial charge in [0.05, 0.1) is 28.1 Å². The molecule has 0 spiro atoms. The number of halogens is 5. The van der Waals surface area contributed by atoms with Gasteiger partial charge in [-0.05, 0) is 43.0 Å². The molecule has 0 radical (unpaired) electrons. The lowest BCUT2D eigenvalue weighted by molar-refractivity contribution is -0.154. The maximum atomic E-state index is 14.9. The summed E-state index contributed by atoms with van der Waals surface area (Å²) in [6.45, 7) is -1.52. The zero-order valence-electron chi connectivity index (χ0n) is 18.3. The highest BCUT2D eigenvalue weighted by Crippen LogP contribution is 2.42. The van der Waals surface area contributed by atoms with E-state index in [9.17, 15) is 27.2 Å². The predicted octanol–water partition coefficient (Wildman–Crippen LogP) is 4.25. The van der Waals surface area contributed by atoms with Crippen molar-refractivity contribution in [1.29, 1.82) is 0 Å². The Morgan fingerprint density at radius 1 is 1.22 bits per heavy atom. The summed E-state index contributed by atoms with van der Waals surface area (Å²) >= 11 is 6.29. The zero-order valence-corrected chi connectivity index (χ0v) is 19.0. The first kappa shape index (κ1) is 24.0. The fourth-order valence-electron chi connectivity index (χ4n) is 4.53. The van der Waals surface area contributed by atoms with Crippen LogP contribution in [0.4, 0.5) is 28.0 Å². The molecule has 14 heteroatoms. The second-order valence-electron chi connectivity index (χ2n) is 8.40. The molecule has 1 saturated heterocycles. The van der Waals surface area contributed by atoms with Gasteiger partial charge in [-0.1, -0.05) is 11.6 Å². The SMILES string of the molecule is O=C(Nc1cc(Cl)c(-c2ccc(OCC(F)(F)F)nn2)cc1F)N1C2CC[C@@H]1c1n[nH]c(=O)cc1C2. The Hall–Kier alpha value is -3.74. The van der Waals surface area contributed by atoms with Gasteiger partial charge in [-0.15, -0.1) is 10.2 Å². The number of aromatic amines is 1. The van der Waals surface area contributed by atoms with E-state index >= 15 is 0 Å². The third-order valence-electron chi connectivity index (χ3n) is 6.03. The number of H-pyrrole nitrogens is 1. The van der Waals surface area contributed by atoms with E-state index < -0.39 is 24.6 Å². The van der Waals surface area contributed by atoms with Crippen molar-refractivity contribution in [3.8, 4) is 17.1 Å². The molecule has 36 heavy (non-hydrogen) atoms. The number of hydrogen-bond donors (Lipinski definition) is 2. The Kier molecular flexibility index (Phi) is 6.02. The van der Waals surface area contributed by atoms with Gasteiger partial charge in [0, 0.05) is 23.7 Å². The van der Waals surface area contributed by atoms with E-state index in [0.29, 0.717) is 25.0 Å². The van der Waals surface area contributed by atoms with Crippen molar-refractivity contribution >= 4 is 23.3 Å². The van der Waals surface area contributed by atoms with E-state index in [1.165, 1.54) is 18.2 Å². The molecule has 1 unspecified atom stereocenters. The van der Waals surface area contributed by atoms with E-state index in [1.54, 1.807) is 4.90 Å². The number of carbonyl (C=O) groups excluding carboxylic acids is 1. The summed E-state index contributed by atoms with van der Waals surface area (Å²) in [7, 11) is 0. The summed E-state index contributed by atoms with van der Waals surface area (Å²) in [5.41, 5.74) is 1.17. The molecule has 2 atom stereocenters. The molecular formula is C22H17ClF4N6O3. The number of urea groups is 1. The van der Waals surface area contributed by atoms with Crippen LogP contribution < -0.4 is 15.6 Å². The molecule has 4 heterocycles. The number of anilines is 1. The maximum Gasteiger partial charge on any atom is 0.422 e. The molecule has 188 valence electrons. The summed E-state index contributed by atoms with van der Waals surface area (Å²) < 4.78 is 56.3. The number of amides is 2. The van der Waals surface area contributed by atoms with Crippen LogP contribution in [-0.2, 0) is 6.42 Å². The number of hydrogen-bond acceptors (Lipinski definition) is 6. The highest BCUT2D eigenvalue weighted by Gasteiger charge is 2.44. The van der Waals surface area contributed by atoms with Gasteiger partial charge in [-0.2, -0.15) is 18.3 Å². The first-order valence-corrected chi connectivity index (χ1v) is 11.2. The molecule has 1 fully saturated rings. The van der Waals surface area contributed by atoms with E-state index in [1.807, 2.05) is 0 Å². The van der Waals surface area contributed by atoms with E-state index in [2.05, 4.69) is 30.4 Å². The molecule has 3 aromatic rings. The van der Waals surface area contributed by atoms with E-state index in [4.69, 9.17) is 11.6 Å². The number of nitrogens with zero attached hydrogens (tertiary/aromatic N) is 4. The summed E-state index contributed by atoms with van der Waals surface area (Å²) in [6, 6.07) is 5.16. The Morgan fingerprint density at radius 3 is 2.75 bits per heavy atom. The van der Waals surface area contributed by atoms with Crippen LogP contribution in [0.25, 0.3) is 11.3 Å². The molecule has 2 aliphatic heterocycles. The van der Waals surface area contributed by atoms with Crippen molar-refractivity contribution in [2.24, 2.45) is 0 Å². The fourth-order valence-corrected chi connectivity index (χ4v) is 4.79. The van der Waals surface area contributed by atoms with Crippen LogP contribution in [0.3, 0.4) is 0 Å². The molecule has 5 rings (SSSR count). The monoisotopic (exact) mass is 524 g/mol. The lowest BCUT2D eigenvalue weighted by Gasteiger charge is -2.35. The van der Waals surface area contributed by atoms with Crippen LogP contribution in [0, 0.1) is 5.82 Å². The van der Waals surface area contributed by atoms with E-state index in [-0.39, 0.29) is 45.5 Å². The van der Waals surface area contributed by atoms with Gasteiger partial charge >= 0.3 is 12.2 Å². The summed E-state index contributed by atoms with van der Waals surface area (Å²) in [4.78, 5) is 26.3. The quantitative estimate of drug-likeness (QED) is 0.493. The molecule has 2 amide bonds. The van der Waals surface area contributed by atoms with Crippen molar-refractivity contribution in [3.63, 3.8) is 0 Å². The average Bonchev–Trinajstić information content (AvgIpc) is 3.14. The molecule has 2 aliphatic rings. The first-order chi connectivity index (χ1) is 17.1. The molecule has 2 aromatic heterocycles. The Labute approximate surface area is 205 Å². The maximum absolute atomic E-state index is 14.9. The lowest BCUT2D eigenvalue weighted by Crippen LogP contribution is -2.45. The Balaban J connectivity index is 1.32. The third-order valence-corrected chi connectivity index (χ3v) is 6.34. The average molecular weight is 525 g/mol. The van der Waals surface area contributed by atoms with Crippen LogP contribution in [0.5, 0.6) is 5.88 Å². The number of alkyl halides is 3. The molecule has 1 aromatic carbocycles. The van der Waals surface area contributed by atoms with Gasteiger partial charge in [0.15, 0.2) is 6.61 Å². The molecule has 2 N–H and O–H groups in total. The highest BCUT2D eigenvalue weighted by molar-refractivity contribution is 6.33. The van der Waals surface area contributed by atoms with Gasteiger partial charge < -0.3 is 15.0 Å². The van der Waals surface area contributed by atoms with Crippen molar-refractivity contribution in [2.45, 2.75) is 37.5 Å². The number of ether oxygens (including phenoxy) is 1. The van der Waals surface area contributed by atoms with Gasteiger partial charge in [0.1, 0.15) is 5.82 Å². The van der Waals surface area contributed by atoms with Gasteiger partial charge in [0.2, 0.25) is 5.88 Å². The number of nitrogens with one attached hydrogen (secondary N) is 2. The second kappa shape index (κ2) is 9.04. The standard InChI is InChI=1S/C22H17ClF4N6O3/c23-13-8-16(14(24)7-12(13)15-2-4-19(31-29-15)36-9-22(25,26)27)28-21(35)33-11-1-3-17(33)20-10(5-11)6-18(34)30-32-20/h2,4,6-8,11,17H,1,3,5,9H2,(H,28,35)(H,30,34)/t11?,17-/m1/s1. The largest absolute Gasteiger partial charge is 0.467 e. The minimum absolute atomic E-state index is 0.0381. The second-order valence-corrected chi connectivity index (χ2v) is 8.81. The normalized spacial score (nSPS) is 18.6. The Morgan fingerprint density at radius 2 is 2.03 bits per heavy atom. The summed E-state index contributed by atoms with van der Waals surface area (Å²) in [5, 5.41) is 16.4. The number of carbonyl (C=O) groups is 1. The van der Waals surface area contributed by atoms with Crippen LogP contribution in [0.2, 0.25) is 5.02 Å². The third kappa shape index (κ3) is 4.70. The van der Waals surface area contributed by atoms with E-state index in [0.717, 1.165) is 17.7 Å². The molecule has 0 aliphatic carbocycles. The molecule has 9 nitrogen and oxygen atoms in total. The van der Waals surface area contributed by atoms with Crippen LogP contribution in [-0.4, -0.2) is 50.2 Å². The number of benzene rings is 1. The fraction of sp³-hybridized carbons (Fsp3) is 0.318. The Bertz CT molecular complexity index is 1380. The van der Waals surface area contributed by atoms with Crippen molar-refractivity contribution in [1.82, 2.24) is 25.3 Å². The minimum Gasteiger partial charge on any atom is -0.467 e. The molecule has 2 bridgehead atoms. The lowest BCUT2D eigenvalue weighted by atomic mass is 9.99. The highest BCUT2D eigenvalue weighted by atomic mass is 35.5. The van der Waals surface area contributed by atoms with Crippen LogP contribution in [0.1, 0.15) is 30.1 Å². The zero-order chi connectivity index (χ0) is 25.6. The van der Waals surface area contributed by atoms with Gasteiger partial charge in [-0.25, -0.2) is 14.3 Å². The topological polar surface area (TPSA) is 113 Å². The summed E-state index contributed by atoms with van der Waals surface area (Å²) in [5.74, 6) is -1.15. The van der Waals surface area contributed by atoms with Gasteiger partial charge in [0.25, 0.3) is 5.56 Å². The van der Waals surface area contributed by atoms with Crippen molar-refractivity contribution < 1.29 is 27.1 Å². The number of aromatic nitrogens is 4. The first-order valence-electron chi connectivity index (χ1n) is 10.8. The number of rotatable bonds is 4. The van der Waals surface area contributed by atoms with Crippen LogP contribution in [0.15, 0.2) is 35.1 Å². The van der Waals surface area contributed by atoms with Crippen LogP contribution >= 0.6 is 11.6 Å².